The van der Waals surface area contributed by atoms with Gasteiger partial charge in [-0.2, -0.15) is 0 Å². The number of nitrogens with zero attached hydrogens (tertiary/aromatic N) is 4. The summed E-state index contributed by atoms with van der Waals surface area (Å²) < 4.78 is 5.72. The molecular formula is C30H35N5O2. The molecule has 3 saturated carbocycles. The first-order chi connectivity index (χ1) is 18.1. The number of pyridine rings is 2. The van der Waals surface area contributed by atoms with Crippen molar-refractivity contribution in [2.75, 3.05) is 36.9 Å². The summed E-state index contributed by atoms with van der Waals surface area (Å²) in [5, 5.41) is 2.31. The smallest absolute Gasteiger partial charge is 0.228 e. The molecule has 2 aromatic heterocycles. The van der Waals surface area contributed by atoms with Crippen molar-refractivity contribution in [2.24, 2.45) is 11.8 Å². The molecule has 4 fully saturated rings. The largest absolute Gasteiger partial charge is 0.396 e. The zero-order chi connectivity index (χ0) is 25.1. The van der Waals surface area contributed by atoms with Gasteiger partial charge in [-0.3, -0.25) is 9.78 Å². The van der Waals surface area contributed by atoms with E-state index in [1.807, 2.05) is 19.3 Å². The Bertz CT molecular complexity index is 1350. The van der Waals surface area contributed by atoms with Crippen LogP contribution in [0.25, 0.3) is 21.9 Å². The van der Waals surface area contributed by atoms with Gasteiger partial charge in [-0.05, 0) is 68.0 Å². The molecule has 3 heterocycles. The van der Waals surface area contributed by atoms with Gasteiger partial charge >= 0.3 is 0 Å². The molecule has 0 radical (unpaired) electrons. The Kier molecular flexibility index (Phi) is 5.57. The standard InChI is InChI=1S/C30H35N5O2/c1-2-37-27-15-24(27)30(36)35-13-12-34(17-26(35)18-6-7-18)29-25(31)14-23(28(33-29)19-8-9-19)22-5-3-4-20-16-32-11-10-21(20)22/h3-5,10-11,14,16,18-19,24,26-27H,2,6-9,12-13,15,17,31H2,1H3/t24?,26-,27?/m0/s1. The highest BCUT2D eigenvalue weighted by molar-refractivity contribution is 5.97. The molecule has 1 aliphatic heterocycles. The van der Waals surface area contributed by atoms with Crippen LogP contribution in [0, 0.1) is 11.8 Å². The first-order valence-corrected chi connectivity index (χ1v) is 13.9. The summed E-state index contributed by atoms with van der Waals surface area (Å²) in [4.78, 5) is 27.4. The Morgan fingerprint density at radius 1 is 1.14 bits per heavy atom. The predicted octanol–water partition coefficient (Wildman–Crippen LogP) is 4.61. The number of fused-ring (bicyclic) bond motifs is 1. The number of anilines is 2. The van der Waals surface area contributed by atoms with Gasteiger partial charge in [0.2, 0.25) is 5.91 Å². The lowest BCUT2D eigenvalue weighted by molar-refractivity contribution is -0.136. The van der Waals surface area contributed by atoms with E-state index in [0.29, 0.717) is 18.4 Å². The van der Waals surface area contributed by atoms with Crippen LogP contribution in [0.15, 0.2) is 42.7 Å². The second-order valence-corrected chi connectivity index (χ2v) is 11.2. The Morgan fingerprint density at radius 3 is 2.78 bits per heavy atom. The molecule has 0 bridgehead atoms. The normalized spacial score (nSPS) is 25.5. The average Bonchev–Trinajstić information content (AvgIpc) is 3.77. The molecule has 2 N–H and O–H groups in total. The Balaban J connectivity index is 1.19. The summed E-state index contributed by atoms with van der Waals surface area (Å²) in [6.07, 6.45) is 9.50. The molecule has 1 aromatic carbocycles. The van der Waals surface area contributed by atoms with Crippen LogP contribution in [0.5, 0.6) is 0 Å². The van der Waals surface area contributed by atoms with E-state index < -0.39 is 0 Å². The van der Waals surface area contributed by atoms with Gasteiger partial charge in [-0.15, -0.1) is 0 Å². The Morgan fingerprint density at radius 2 is 2.00 bits per heavy atom. The molecule has 37 heavy (non-hydrogen) atoms. The van der Waals surface area contributed by atoms with E-state index in [-0.39, 0.29) is 24.0 Å². The minimum atomic E-state index is 0.0487. The molecule has 192 valence electrons. The number of carbonyl (C=O) groups is 1. The fourth-order valence-electron chi connectivity index (χ4n) is 6.23. The number of hydrogen-bond donors (Lipinski definition) is 1. The van der Waals surface area contributed by atoms with Gasteiger partial charge in [-0.1, -0.05) is 18.2 Å². The SMILES string of the molecule is CCOC1CC1C(=O)N1CCN(c2nc(C3CC3)c(-c3cccc4cnccc34)cc2N)C[C@H]1C1CC1. The van der Waals surface area contributed by atoms with E-state index in [1.54, 1.807) is 0 Å². The van der Waals surface area contributed by atoms with Crippen LogP contribution in [0.4, 0.5) is 11.5 Å². The van der Waals surface area contributed by atoms with Crippen LogP contribution in [0.1, 0.15) is 50.6 Å². The first kappa shape index (κ1) is 23.0. The van der Waals surface area contributed by atoms with E-state index >= 15 is 0 Å². The van der Waals surface area contributed by atoms with Crippen molar-refractivity contribution in [3.8, 4) is 11.1 Å². The molecule has 1 amide bonds. The van der Waals surface area contributed by atoms with Crippen LogP contribution < -0.4 is 10.6 Å². The number of piperazine rings is 1. The predicted molar refractivity (Wildman–Crippen MR) is 145 cm³/mol. The quantitative estimate of drug-likeness (QED) is 0.513. The number of nitrogen functional groups attached to an aromatic ring is 1. The zero-order valence-electron chi connectivity index (χ0n) is 21.5. The third-order valence-corrected chi connectivity index (χ3v) is 8.59. The fourth-order valence-corrected chi connectivity index (χ4v) is 6.23. The number of carbonyl (C=O) groups excluding carboxylic acids is 1. The second kappa shape index (κ2) is 8.98. The van der Waals surface area contributed by atoms with Crippen LogP contribution in [0.2, 0.25) is 0 Å². The summed E-state index contributed by atoms with van der Waals surface area (Å²) in [7, 11) is 0. The molecule has 3 aromatic rings. The maximum absolute atomic E-state index is 13.3. The topological polar surface area (TPSA) is 84.6 Å². The number of nitrogens with two attached hydrogens (primary N) is 1. The van der Waals surface area contributed by atoms with Crippen molar-refractivity contribution in [1.29, 1.82) is 0 Å². The monoisotopic (exact) mass is 497 g/mol. The number of amides is 1. The number of aromatic nitrogens is 2. The Labute approximate surface area is 218 Å². The molecule has 0 spiro atoms. The average molecular weight is 498 g/mol. The van der Waals surface area contributed by atoms with Gasteiger partial charge in [0, 0.05) is 55.5 Å². The number of rotatable bonds is 7. The van der Waals surface area contributed by atoms with Gasteiger partial charge in [0.25, 0.3) is 0 Å². The van der Waals surface area contributed by atoms with Crippen molar-refractivity contribution in [1.82, 2.24) is 14.9 Å². The van der Waals surface area contributed by atoms with E-state index in [4.69, 9.17) is 15.5 Å². The summed E-state index contributed by atoms with van der Waals surface area (Å²) >= 11 is 0. The van der Waals surface area contributed by atoms with E-state index in [9.17, 15) is 4.79 Å². The summed E-state index contributed by atoms with van der Waals surface area (Å²) in [5.74, 6) is 2.30. The molecule has 4 aliphatic rings. The summed E-state index contributed by atoms with van der Waals surface area (Å²) in [5.41, 5.74) is 10.9. The minimum Gasteiger partial charge on any atom is -0.396 e. The number of benzene rings is 1. The molecular weight excluding hydrogens is 462 g/mol. The van der Waals surface area contributed by atoms with Gasteiger partial charge < -0.3 is 20.3 Å². The van der Waals surface area contributed by atoms with E-state index in [1.165, 1.54) is 36.6 Å². The molecule has 2 unspecified atom stereocenters. The van der Waals surface area contributed by atoms with Crippen molar-refractivity contribution in [3.63, 3.8) is 0 Å². The lowest BCUT2D eigenvalue weighted by atomic mass is 9.96. The van der Waals surface area contributed by atoms with Crippen LogP contribution in [0.3, 0.4) is 0 Å². The summed E-state index contributed by atoms with van der Waals surface area (Å²) in [6.45, 7) is 4.98. The van der Waals surface area contributed by atoms with Gasteiger partial charge in [0.05, 0.1) is 29.4 Å². The highest BCUT2D eigenvalue weighted by Crippen LogP contribution is 2.47. The van der Waals surface area contributed by atoms with E-state index in [2.05, 4.69) is 45.1 Å². The van der Waals surface area contributed by atoms with Gasteiger partial charge in [0.1, 0.15) is 0 Å². The van der Waals surface area contributed by atoms with Gasteiger partial charge in [0.15, 0.2) is 5.82 Å². The highest BCUT2D eigenvalue weighted by atomic mass is 16.5. The van der Waals surface area contributed by atoms with Crippen molar-refractivity contribution in [2.45, 2.75) is 57.1 Å². The van der Waals surface area contributed by atoms with Gasteiger partial charge in [-0.25, -0.2) is 4.98 Å². The fraction of sp³-hybridized carbons (Fsp3) is 0.500. The first-order valence-electron chi connectivity index (χ1n) is 13.9. The third kappa shape index (κ3) is 4.23. The summed E-state index contributed by atoms with van der Waals surface area (Å²) in [6, 6.07) is 10.8. The maximum atomic E-state index is 13.3. The molecule has 7 nitrogen and oxygen atoms in total. The Hall–Kier alpha value is -3.19. The molecule has 7 rings (SSSR count). The maximum Gasteiger partial charge on any atom is 0.228 e. The highest BCUT2D eigenvalue weighted by Gasteiger charge is 2.50. The third-order valence-electron chi connectivity index (χ3n) is 8.59. The molecule has 7 heteroatoms. The van der Waals surface area contributed by atoms with Crippen LogP contribution in [-0.4, -0.2) is 59.2 Å². The molecule has 3 aliphatic carbocycles. The minimum absolute atomic E-state index is 0.0487. The van der Waals surface area contributed by atoms with Crippen molar-refractivity contribution in [3.05, 3.63) is 48.4 Å². The van der Waals surface area contributed by atoms with Crippen molar-refractivity contribution < 1.29 is 9.53 Å². The molecule has 3 atom stereocenters. The van der Waals surface area contributed by atoms with Crippen LogP contribution in [-0.2, 0) is 9.53 Å². The van der Waals surface area contributed by atoms with Crippen LogP contribution >= 0.6 is 0 Å². The van der Waals surface area contributed by atoms with E-state index in [0.717, 1.165) is 54.2 Å². The zero-order valence-corrected chi connectivity index (χ0v) is 21.5. The number of hydrogen-bond acceptors (Lipinski definition) is 6. The lowest BCUT2D eigenvalue weighted by Crippen LogP contribution is -2.57. The molecule has 1 saturated heterocycles. The number of ether oxygens (including phenoxy) is 1. The van der Waals surface area contributed by atoms with Crippen molar-refractivity contribution >= 4 is 28.2 Å². The second-order valence-electron chi connectivity index (χ2n) is 11.2. The lowest BCUT2D eigenvalue weighted by Gasteiger charge is -2.43.